The highest BCUT2D eigenvalue weighted by Crippen LogP contribution is 2.28. The molecule has 2 rings (SSSR count). The van der Waals surface area contributed by atoms with E-state index in [0.29, 0.717) is 23.2 Å². The molecule has 1 amide bonds. The van der Waals surface area contributed by atoms with Gasteiger partial charge in [-0.2, -0.15) is 0 Å². The first kappa shape index (κ1) is 18.2. The molecule has 7 heteroatoms. The summed E-state index contributed by atoms with van der Waals surface area (Å²) in [5, 5.41) is 13.4. The van der Waals surface area contributed by atoms with Crippen molar-refractivity contribution in [1.82, 2.24) is 10.2 Å². The summed E-state index contributed by atoms with van der Waals surface area (Å²) in [6.45, 7) is 4.28. The molecule has 23 heavy (non-hydrogen) atoms. The Kier molecular flexibility index (Phi) is 7.33. The van der Waals surface area contributed by atoms with Gasteiger partial charge in [0.15, 0.2) is 0 Å². The number of benzene rings is 1. The van der Waals surface area contributed by atoms with E-state index >= 15 is 0 Å². The molecule has 4 nitrogen and oxygen atoms in total. The quantitative estimate of drug-likeness (QED) is 0.648. The zero-order valence-electron chi connectivity index (χ0n) is 13.2. The molecule has 1 N–H and O–H groups in total. The van der Waals surface area contributed by atoms with Crippen molar-refractivity contribution in [3.05, 3.63) is 34.3 Å². The molecule has 0 saturated heterocycles. The lowest BCUT2D eigenvalue weighted by atomic mass is 10.1. The lowest BCUT2D eigenvalue weighted by Crippen LogP contribution is -2.11. The van der Waals surface area contributed by atoms with Crippen LogP contribution in [0.25, 0.3) is 0 Å². The molecule has 0 saturated carbocycles. The van der Waals surface area contributed by atoms with Crippen LogP contribution >= 0.6 is 34.7 Å². The van der Waals surface area contributed by atoms with Gasteiger partial charge < -0.3 is 5.32 Å². The van der Waals surface area contributed by atoms with E-state index in [1.807, 2.05) is 24.3 Å². The number of hydrogen-bond donors (Lipinski definition) is 1. The van der Waals surface area contributed by atoms with Gasteiger partial charge in [0.05, 0.1) is 0 Å². The maximum atomic E-state index is 12.0. The van der Waals surface area contributed by atoms with E-state index in [0.717, 1.165) is 27.8 Å². The molecular weight excluding hydrogens is 350 g/mol. The SMILES string of the molecule is CCC(CC)c1nnc(NC(=O)CCSc2ccc(Cl)cc2)s1. The predicted molar refractivity (Wildman–Crippen MR) is 98.7 cm³/mol. The lowest BCUT2D eigenvalue weighted by molar-refractivity contribution is -0.115. The number of amides is 1. The Morgan fingerprint density at radius 3 is 2.61 bits per heavy atom. The number of halogens is 1. The number of nitrogens with one attached hydrogen (secondary N) is 1. The highest BCUT2D eigenvalue weighted by atomic mass is 35.5. The predicted octanol–water partition coefficient (Wildman–Crippen LogP) is 5.22. The monoisotopic (exact) mass is 369 g/mol. The Balaban J connectivity index is 1.77. The first-order chi connectivity index (χ1) is 11.1. The van der Waals surface area contributed by atoms with Crippen LogP contribution < -0.4 is 5.32 Å². The van der Waals surface area contributed by atoms with Crippen molar-refractivity contribution < 1.29 is 4.79 Å². The van der Waals surface area contributed by atoms with Crippen LogP contribution in [-0.4, -0.2) is 21.9 Å². The fourth-order valence-corrected chi connectivity index (χ4v) is 4.07. The maximum Gasteiger partial charge on any atom is 0.227 e. The first-order valence-electron chi connectivity index (χ1n) is 7.64. The second-order valence-electron chi connectivity index (χ2n) is 5.06. The van der Waals surface area contributed by atoms with Crippen LogP contribution in [0.3, 0.4) is 0 Å². The molecule has 1 aromatic heterocycles. The molecule has 1 heterocycles. The molecule has 1 aromatic carbocycles. The van der Waals surface area contributed by atoms with E-state index < -0.39 is 0 Å². The van der Waals surface area contributed by atoms with Crippen molar-refractivity contribution in [2.75, 3.05) is 11.1 Å². The lowest BCUT2D eigenvalue weighted by Gasteiger charge is -2.05. The van der Waals surface area contributed by atoms with Gasteiger partial charge in [-0.05, 0) is 37.1 Å². The van der Waals surface area contributed by atoms with E-state index in [1.165, 1.54) is 11.3 Å². The third-order valence-electron chi connectivity index (χ3n) is 3.43. The summed E-state index contributed by atoms with van der Waals surface area (Å²) in [4.78, 5) is 13.1. The van der Waals surface area contributed by atoms with Gasteiger partial charge in [0.1, 0.15) is 5.01 Å². The van der Waals surface area contributed by atoms with Crippen LogP contribution in [0, 0.1) is 0 Å². The average Bonchev–Trinajstić information content (AvgIpc) is 2.99. The van der Waals surface area contributed by atoms with Crippen molar-refractivity contribution in [3.63, 3.8) is 0 Å². The van der Waals surface area contributed by atoms with E-state index in [-0.39, 0.29) is 5.91 Å². The Labute approximate surface area is 150 Å². The summed E-state index contributed by atoms with van der Waals surface area (Å²) in [6, 6.07) is 7.62. The highest BCUT2D eigenvalue weighted by molar-refractivity contribution is 7.99. The molecule has 2 aromatic rings. The summed E-state index contributed by atoms with van der Waals surface area (Å²) in [5.74, 6) is 1.11. The number of carbonyl (C=O) groups is 1. The summed E-state index contributed by atoms with van der Waals surface area (Å²) in [5.41, 5.74) is 0. The van der Waals surface area contributed by atoms with Gasteiger partial charge in [-0.15, -0.1) is 22.0 Å². The third-order valence-corrected chi connectivity index (χ3v) is 5.70. The smallest absolute Gasteiger partial charge is 0.227 e. The van der Waals surface area contributed by atoms with Gasteiger partial charge in [0, 0.05) is 28.0 Å². The Morgan fingerprint density at radius 1 is 1.26 bits per heavy atom. The van der Waals surface area contributed by atoms with Crippen LogP contribution in [0.1, 0.15) is 44.0 Å². The van der Waals surface area contributed by atoms with Gasteiger partial charge in [-0.3, -0.25) is 4.79 Å². The number of anilines is 1. The molecular formula is C16H20ClN3OS2. The normalized spacial score (nSPS) is 11.0. The number of aromatic nitrogens is 2. The van der Waals surface area contributed by atoms with Crippen LogP contribution in [-0.2, 0) is 4.79 Å². The minimum Gasteiger partial charge on any atom is -0.301 e. The van der Waals surface area contributed by atoms with Crippen molar-refractivity contribution in [1.29, 1.82) is 0 Å². The summed E-state index contributed by atoms with van der Waals surface area (Å²) in [7, 11) is 0. The topological polar surface area (TPSA) is 54.9 Å². The zero-order chi connectivity index (χ0) is 16.7. The average molecular weight is 370 g/mol. The van der Waals surface area contributed by atoms with E-state index in [4.69, 9.17) is 11.6 Å². The largest absolute Gasteiger partial charge is 0.301 e. The van der Waals surface area contributed by atoms with Crippen molar-refractivity contribution >= 4 is 45.7 Å². The highest BCUT2D eigenvalue weighted by Gasteiger charge is 2.14. The molecule has 0 fully saturated rings. The molecule has 0 aliphatic rings. The Hall–Kier alpha value is -1.11. The van der Waals surface area contributed by atoms with E-state index in [2.05, 4.69) is 29.4 Å². The van der Waals surface area contributed by atoms with Crippen LogP contribution in [0.15, 0.2) is 29.2 Å². The maximum absolute atomic E-state index is 12.0. The molecule has 0 bridgehead atoms. The van der Waals surface area contributed by atoms with Crippen molar-refractivity contribution in [2.45, 2.75) is 43.9 Å². The standard InChI is InChI=1S/C16H20ClN3OS2/c1-3-11(4-2)15-19-20-16(23-15)18-14(21)9-10-22-13-7-5-12(17)6-8-13/h5-8,11H,3-4,9-10H2,1-2H3,(H,18,20,21). The van der Waals surface area contributed by atoms with Gasteiger partial charge >= 0.3 is 0 Å². The fourth-order valence-electron chi connectivity index (χ4n) is 2.06. The van der Waals surface area contributed by atoms with Gasteiger partial charge in [-0.25, -0.2) is 0 Å². The van der Waals surface area contributed by atoms with Crippen LogP contribution in [0.5, 0.6) is 0 Å². The Morgan fingerprint density at radius 2 is 1.96 bits per heavy atom. The number of thioether (sulfide) groups is 1. The molecule has 0 radical (unpaired) electrons. The second-order valence-corrected chi connectivity index (χ2v) is 7.67. The van der Waals surface area contributed by atoms with Gasteiger partial charge in [0.25, 0.3) is 0 Å². The zero-order valence-corrected chi connectivity index (χ0v) is 15.6. The van der Waals surface area contributed by atoms with Crippen LogP contribution in [0.2, 0.25) is 5.02 Å². The molecule has 0 aliphatic carbocycles. The molecule has 0 aliphatic heterocycles. The van der Waals surface area contributed by atoms with Crippen molar-refractivity contribution in [2.24, 2.45) is 0 Å². The minimum absolute atomic E-state index is 0.0290. The van der Waals surface area contributed by atoms with Gasteiger partial charge in [-0.1, -0.05) is 36.8 Å². The molecule has 0 spiro atoms. The number of rotatable bonds is 8. The van der Waals surface area contributed by atoms with E-state index in [1.54, 1.807) is 11.8 Å². The fraction of sp³-hybridized carbons (Fsp3) is 0.438. The third kappa shape index (κ3) is 5.79. The summed E-state index contributed by atoms with van der Waals surface area (Å²) >= 11 is 8.95. The van der Waals surface area contributed by atoms with Crippen LogP contribution in [0.4, 0.5) is 5.13 Å². The molecule has 0 atom stereocenters. The Bertz CT molecular complexity index is 627. The van der Waals surface area contributed by atoms with Gasteiger partial charge in [0.2, 0.25) is 11.0 Å². The number of hydrogen-bond acceptors (Lipinski definition) is 5. The summed E-state index contributed by atoms with van der Waals surface area (Å²) < 4.78 is 0. The summed E-state index contributed by atoms with van der Waals surface area (Å²) in [6.07, 6.45) is 2.51. The second kappa shape index (κ2) is 9.25. The molecule has 0 unspecified atom stereocenters. The molecule has 124 valence electrons. The first-order valence-corrected chi connectivity index (χ1v) is 9.82. The minimum atomic E-state index is -0.0290. The van der Waals surface area contributed by atoms with Crippen molar-refractivity contribution in [3.8, 4) is 0 Å². The number of carbonyl (C=O) groups excluding carboxylic acids is 1. The van der Waals surface area contributed by atoms with E-state index in [9.17, 15) is 4.79 Å². The number of nitrogens with zero attached hydrogens (tertiary/aromatic N) is 2.